The predicted octanol–water partition coefficient (Wildman–Crippen LogP) is 3.26. The molecule has 134 valence electrons. The molecule has 0 bridgehead atoms. The molecule has 1 fully saturated rings. The van der Waals surface area contributed by atoms with Crippen LogP contribution < -0.4 is 0 Å². The molecule has 2 aliphatic heterocycles. The molecule has 0 spiro atoms. The van der Waals surface area contributed by atoms with Crippen LogP contribution in [0.25, 0.3) is 0 Å². The summed E-state index contributed by atoms with van der Waals surface area (Å²) in [5.74, 6) is -0.376. The van der Waals surface area contributed by atoms with Gasteiger partial charge in [-0.05, 0) is 36.2 Å². The fraction of sp³-hybridized carbons (Fsp3) is 0.316. The van der Waals surface area contributed by atoms with Crippen LogP contribution in [-0.2, 0) is 11.2 Å². The van der Waals surface area contributed by atoms with Crippen molar-refractivity contribution in [3.05, 3.63) is 75.1 Å². The Bertz CT molecular complexity index is 868. The van der Waals surface area contributed by atoms with Crippen molar-refractivity contribution in [1.29, 1.82) is 0 Å². The van der Waals surface area contributed by atoms with Gasteiger partial charge in [-0.15, -0.1) is 0 Å². The van der Waals surface area contributed by atoms with Crippen LogP contribution >= 0.6 is 0 Å². The number of nitro groups is 1. The van der Waals surface area contributed by atoms with Crippen molar-refractivity contribution in [1.82, 2.24) is 4.90 Å². The molecule has 0 radical (unpaired) electrons. The van der Waals surface area contributed by atoms with Crippen LogP contribution in [0.5, 0.6) is 0 Å². The third kappa shape index (κ3) is 3.00. The Morgan fingerprint density at radius 1 is 1.27 bits per heavy atom. The van der Waals surface area contributed by atoms with Gasteiger partial charge in [-0.25, -0.2) is 4.39 Å². The third-order valence-corrected chi connectivity index (χ3v) is 5.05. The van der Waals surface area contributed by atoms with Crippen molar-refractivity contribution in [3.8, 4) is 0 Å². The maximum Gasteiger partial charge on any atom is 0.269 e. The van der Waals surface area contributed by atoms with Crippen LogP contribution in [0.3, 0.4) is 0 Å². The van der Waals surface area contributed by atoms with Gasteiger partial charge in [0, 0.05) is 42.3 Å². The van der Waals surface area contributed by atoms with Gasteiger partial charge in [-0.3, -0.25) is 19.8 Å². The summed E-state index contributed by atoms with van der Waals surface area (Å²) < 4.78 is 19.4. The molecule has 2 aliphatic rings. The maximum absolute atomic E-state index is 13.6. The second-order valence-corrected chi connectivity index (χ2v) is 6.60. The predicted molar refractivity (Wildman–Crippen MR) is 91.3 cm³/mol. The molecule has 2 aromatic rings. The van der Waals surface area contributed by atoms with Crippen LogP contribution in [0.4, 0.5) is 10.1 Å². The first kappa shape index (κ1) is 16.8. The van der Waals surface area contributed by atoms with Gasteiger partial charge in [-0.2, -0.15) is 0 Å². The quantitative estimate of drug-likeness (QED) is 0.478. The number of ketones is 1. The van der Waals surface area contributed by atoms with E-state index in [0.29, 0.717) is 12.2 Å². The van der Waals surface area contributed by atoms with Crippen molar-refractivity contribution >= 4 is 11.5 Å². The van der Waals surface area contributed by atoms with E-state index in [-0.39, 0.29) is 36.0 Å². The van der Waals surface area contributed by atoms with Gasteiger partial charge in [0.15, 0.2) is 5.78 Å². The standard InChI is InChI=1S/C19H17FN2O4/c20-14-4-1-12-7-8-21-16(11-26-19(21)17(12)9-14)10-18(23)13-2-5-15(6-3-13)22(24)25/h1-6,9,16,19H,7-8,10-11H2. The Kier molecular flexibility index (Phi) is 4.26. The third-order valence-electron chi connectivity index (χ3n) is 5.05. The van der Waals surface area contributed by atoms with E-state index in [2.05, 4.69) is 4.90 Å². The van der Waals surface area contributed by atoms with E-state index in [1.54, 1.807) is 6.07 Å². The number of fused-ring (bicyclic) bond motifs is 3. The molecule has 26 heavy (non-hydrogen) atoms. The minimum absolute atomic E-state index is 0.0412. The van der Waals surface area contributed by atoms with Gasteiger partial charge in [0.05, 0.1) is 11.5 Å². The molecule has 7 heteroatoms. The summed E-state index contributed by atoms with van der Waals surface area (Å²) in [7, 11) is 0. The molecular weight excluding hydrogens is 339 g/mol. The van der Waals surface area contributed by atoms with E-state index in [1.807, 2.05) is 0 Å². The molecule has 0 N–H and O–H groups in total. The lowest BCUT2D eigenvalue weighted by Crippen LogP contribution is -2.39. The highest BCUT2D eigenvalue weighted by atomic mass is 19.1. The molecule has 2 unspecified atom stereocenters. The van der Waals surface area contributed by atoms with Gasteiger partial charge < -0.3 is 4.74 Å². The minimum atomic E-state index is -0.492. The molecule has 2 heterocycles. The first-order valence-electron chi connectivity index (χ1n) is 8.46. The molecule has 0 saturated carbocycles. The van der Waals surface area contributed by atoms with Crippen molar-refractivity contribution < 1.29 is 18.8 Å². The van der Waals surface area contributed by atoms with Crippen molar-refractivity contribution in [2.45, 2.75) is 25.1 Å². The normalized spacial score (nSPS) is 21.9. The first-order valence-corrected chi connectivity index (χ1v) is 8.46. The van der Waals surface area contributed by atoms with E-state index in [0.717, 1.165) is 24.1 Å². The topological polar surface area (TPSA) is 72.7 Å². The lowest BCUT2D eigenvalue weighted by Gasteiger charge is -2.33. The zero-order chi connectivity index (χ0) is 18.3. The highest BCUT2D eigenvalue weighted by Gasteiger charge is 2.39. The summed E-state index contributed by atoms with van der Waals surface area (Å²) in [6, 6.07) is 10.3. The smallest absolute Gasteiger partial charge is 0.269 e. The molecule has 4 rings (SSSR count). The number of carbonyl (C=O) groups excluding carboxylic acids is 1. The van der Waals surface area contributed by atoms with Gasteiger partial charge in [0.2, 0.25) is 0 Å². The van der Waals surface area contributed by atoms with Crippen molar-refractivity contribution in [3.63, 3.8) is 0 Å². The summed E-state index contributed by atoms with van der Waals surface area (Å²) in [6.07, 6.45) is 0.737. The number of ether oxygens (including phenoxy) is 1. The van der Waals surface area contributed by atoms with Crippen LogP contribution in [0.2, 0.25) is 0 Å². The number of rotatable bonds is 4. The summed E-state index contributed by atoms with van der Waals surface area (Å²) in [5.41, 5.74) is 2.32. The highest BCUT2D eigenvalue weighted by Crippen LogP contribution is 2.38. The molecule has 1 saturated heterocycles. The number of nitro benzene ring substituents is 1. The Morgan fingerprint density at radius 2 is 2.04 bits per heavy atom. The summed E-state index contributed by atoms with van der Waals surface area (Å²) >= 11 is 0. The van der Waals surface area contributed by atoms with Gasteiger partial charge in [0.1, 0.15) is 12.0 Å². The fourth-order valence-corrected chi connectivity index (χ4v) is 3.70. The fourth-order valence-electron chi connectivity index (χ4n) is 3.70. The van der Waals surface area contributed by atoms with Crippen LogP contribution in [0.15, 0.2) is 42.5 Å². The largest absolute Gasteiger partial charge is 0.357 e. The van der Waals surface area contributed by atoms with E-state index in [4.69, 9.17) is 4.74 Å². The second-order valence-electron chi connectivity index (χ2n) is 6.60. The lowest BCUT2D eigenvalue weighted by molar-refractivity contribution is -0.384. The summed E-state index contributed by atoms with van der Waals surface area (Å²) in [4.78, 5) is 24.9. The number of halogens is 1. The number of Topliss-reactive ketones (excluding diaryl/α,β-unsaturated/α-hetero) is 1. The van der Waals surface area contributed by atoms with E-state index >= 15 is 0 Å². The number of benzene rings is 2. The van der Waals surface area contributed by atoms with Gasteiger partial charge in [-0.1, -0.05) is 6.07 Å². The maximum atomic E-state index is 13.6. The van der Waals surface area contributed by atoms with Crippen molar-refractivity contribution in [2.24, 2.45) is 0 Å². The molecule has 6 nitrogen and oxygen atoms in total. The molecule has 0 aliphatic carbocycles. The number of nitrogens with zero attached hydrogens (tertiary/aromatic N) is 2. The number of carbonyl (C=O) groups is 1. The molecular formula is C19H17FN2O4. The van der Waals surface area contributed by atoms with Gasteiger partial charge in [0.25, 0.3) is 5.69 Å². The zero-order valence-corrected chi connectivity index (χ0v) is 13.9. The minimum Gasteiger partial charge on any atom is -0.357 e. The van der Waals surface area contributed by atoms with Crippen LogP contribution in [0, 0.1) is 15.9 Å². The van der Waals surface area contributed by atoms with Crippen LogP contribution in [0.1, 0.15) is 34.1 Å². The van der Waals surface area contributed by atoms with E-state index in [1.165, 1.54) is 36.4 Å². The number of hydrogen-bond donors (Lipinski definition) is 0. The summed E-state index contributed by atoms with van der Waals surface area (Å²) in [6.45, 7) is 1.15. The first-order chi connectivity index (χ1) is 12.5. The lowest BCUT2D eigenvalue weighted by atomic mass is 9.96. The molecule has 0 amide bonds. The van der Waals surface area contributed by atoms with Crippen molar-refractivity contribution in [2.75, 3.05) is 13.2 Å². The molecule has 0 aromatic heterocycles. The molecule has 2 aromatic carbocycles. The highest BCUT2D eigenvalue weighted by molar-refractivity contribution is 5.96. The zero-order valence-electron chi connectivity index (χ0n) is 13.9. The van der Waals surface area contributed by atoms with Gasteiger partial charge >= 0.3 is 0 Å². The Labute approximate surface area is 149 Å². The number of hydrogen-bond acceptors (Lipinski definition) is 5. The SMILES string of the molecule is O=C(CC1COC2c3cc(F)ccc3CCN12)c1ccc([N+](=O)[O-])cc1. The van der Waals surface area contributed by atoms with E-state index < -0.39 is 4.92 Å². The van der Waals surface area contributed by atoms with E-state index in [9.17, 15) is 19.3 Å². The second kappa shape index (κ2) is 6.59. The number of non-ortho nitro benzene ring substituents is 1. The average Bonchev–Trinajstić information content (AvgIpc) is 3.05. The Morgan fingerprint density at radius 3 is 2.77 bits per heavy atom. The monoisotopic (exact) mass is 356 g/mol. The molecule has 2 atom stereocenters. The Hall–Kier alpha value is -2.64. The Balaban J connectivity index is 1.48. The average molecular weight is 356 g/mol. The summed E-state index contributed by atoms with van der Waals surface area (Å²) in [5, 5.41) is 10.7. The van der Waals surface area contributed by atoms with Crippen LogP contribution in [-0.4, -0.2) is 34.8 Å².